The zero-order valence-electron chi connectivity index (χ0n) is 12.5. The lowest BCUT2D eigenvalue weighted by molar-refractivity contribution is -0.144. The Balaban J connectivity index is 1.91. The lowest BCUT2D eigenvalue weighted by atomic mass is 9.97. The van der Waals surface area contributed by atoms with Crippen LogP contribution in [0.25, 0.3) is 11.1 Å². The van der Waals surface area contributed by atoms with E-state index in [1.165, 1.54) is 7.11 Å². The molecule has 1 aliphatic rings. The van der Waals surface area contributed by atoms with Crippen molar-refractivity contribution < 1.29 is 24.5 Å². The van der Waals surface area contributed by atoms with E-state index in [2.05, 4.69) is 4.74 Å². The van der Waals surface area contributed by atoms with Crippen LogP contribution in [0.2, 0.25) is 0 Å². The van der Waals surface area contributed by atoms with Crippen LogP contribution in [0.1, 0.15) is 34.0 Å². The van der Waals surface area contributed by atoms with Gasteiger partial charge in [0.15, 0.2) is 5.78 Å². The van der Waals surface area contributed by atoms with Gasteiger partial charge in [-0.2, -0.15) is 0 Å². The number of methoxy groups -OCH3 is 1. The SMILES string of the molecule is COC(=O)CC(O)C(O)c1ccc2c(c1)C(=O)c1ccccc1-2. The first-order chi connectivity index (χ1) is 11.0. The Morgan fingerprint density at radius 3 is 2.39 bits per heavy atom. The number of aliphatic hydroxyl groups excluding tert-OH is 2. The smallest absolute Gasteiger partial charge is 0.308 e. The molecule has 0 spiro atoms. The van der Waals surface area contributed by atoms with Crippen molar-refractivity contribution in [3.8, 4) is 11.1 Å². The maximum absolute atomic E-state index is 12.4. The van der Waals surface area contributed by atoms with Gasteiger partial charge in [-0.1, -0.05) is 36.4 Å². The van der Waals surface area contributed by atoms with Crippen LogP contribution < -0.4 is 0 Å². The Hall–Kier alpha value is -2.50. The number of esters is 1. The highest BCUT2D eigenvalue weighted by molar-refractivity contribution is 6.21. The van der Waals surface area contributed by atoms with E-state index in [4.69, 9.17) is 0 Å². The molecule has 1 aliphatic carbocycles. The minimum atomic E-state index is -1.29. The molecule has 0 fully saturated rings. The van der Waals surface area contributed by atoms with Crippen molar-refractivity contribution >= 4 is 11.8 Å². The maximum atomic E-state index is 12.4. The zero-order chi connectivity index (χ0) is 16.6. The normalized spacial score (nSPS) is 14.8. The van der Waals surface area contributed by atoms with E-state index in [1.54, 1.807) is 30.3 Å². The first kappa shape index (κ1) is 15.4. The van der Waals surface area contributed by atoms with Crippen LogP contribution in [0.5, 0.6) is 0 Å². The van der Waals surface area contributed by atoms with Crippen molar-refractivity contribution in [2.24, 2.45) is 0 Å². The van der Waals surface area contributed by atoms with Crippen molar-refractivity contribution in [1.29, 1.82) is 0 Å². The molecule has 0 radical (unpaired) electrons. The number of carbonyl (C=O) groups excluding carboxylic acids is 2. The summed E-state index contributed by atoms with van der Waals surface area (Å²) < 4.78 is 4.48. The summed E-state index contributed by atoms with van der Waals surface area (Å²) in [6.07, 6.45) is -2.88. The third kappa shape index (κ3) is 2.65. The second-order valence-electron chi connectivity index (χ2n) is 5.47. The summed E-state index contributed by atoms with van der Waals surface area (Å²) >= 11 is 0. The summed E-state index contributed by atoms with van der Waals surface area (Å²) in [6, 6.07) is 12.3. The molecule has 2 aromatic rings. The molecule has 5 heteroatoms. The lowest BCUT2D eigenvalue weighted by Crippen LogP contribution is -2.22. The second kappa shape index (κ2) is 5.95. The van der Waals surface area contributed by atoms with E-state index < -0.39 is 18.2 Å². The molecule has 2 aromatic carbocycles. The molecular weight excluding hydrogens is 296 g/mol. The summed E-state index contributed by atoms with van der Waals surface area (Å²) in [4.78, 5) is 23.6. The Morgan fingerprint density at radius 1 is 1.04 bits per heavy atom. The molecule has 0 heterocycles. The number of benzene rings is 2. The molecule has 5 nitrogen and oxygen atoms in total. The van der Waals surface area contributed by atoms with Crippen LogP contribution in [0.15, 0.2) is 42.5 Å². The predicted octanol–water partition coefficient (Wildman–Crippen LogP) is 1.86. The van der Waals surface area contributed by atoms with Crippen molar-refractivity contribution in [3.63, 3.8) is 0 Å². The fourth-order valence-corrected chi connectivity index (χ4v) is 2.82. The molecule has 2 unspecified atom stereocenters. The van der Waals surface area contributed by atoms with Gasteiger partial charge < -0.3 is 14.9 Å². The quantitative estimate of drug-likeness (QED) is 0.718. The number of carbonyl (C=O) groups is 2. The average Bonchev–Trinajstić information content (AvgIpc) is 2.86. The predicted molar refractivity (Wildman–Crippen MR) is 82.9 cm³/mol. The van der Waals surface area contributed by atoms with E-state index >= 15 is 0 Å². The molecule has 3 rings (SSSR count). The Morgan fingerprint density at radius 2 is 1.70 bits per heavy atom. The highest BCUT2D eigenvalue weighted by atomic mass is 16.5. The summed E-state index contributed by atoms with van der Waals surface area (Å²) in [6.45, 7) is 0. The first-order valence-corrected chi connectivity index (χ1v) is 7.24. The molecule has 118 valence electrons. The van der Waals surface area contributed by atoms with Gasteiger partial charge in [0.2, 0.25) is 0 Å². The van der Waals surface area contributed by atoms with Gasteiger partial charge in [-0.3, -0.25) is 9.59 Å². The average molecular weight is 312 g/mol. The molecule has 0 bridgehead atoms. The van der Waals surface area contributed by atoms with Crippen molar-refractivity contribution in [3.05, 3.63) is 59.2 Å². The monoisotopic (exact) mass is 312 g/mol. The van der Waals surface area contributed by atoms with E-state index in [0.29, 0.717) is 16.7 Å². The minimum Gasteiger partial charge on any atom is -0.469 e. The van der Waals surface area contributed by atoms with E-state index in [1.807, 2.05) is 12.1 Å². The van der Waals surface area contributed by atoms with Gasteiger partial charge in [0.25, 0.3) is 0 Å². The Bertz CT molecular complexity index is 781. The number of aliphatic hydroxyl groups is 2. The summed E-state index contributed by atoms with van der Waals surface area (Å²) in [5.74, 6) is -0.715. The number of ether oxygens (including phenoxy) is 1. The van der Waals surface area contributed by atoms with Gasteiger partial charge in [-0.05, 0) is 22.8 Å². The molecule has 2 N–H and O–H groups in total. The summed E-state index contributed by atoms with van der Waals surface area (Å²) in [7, 11) is 1.22. The van der Waals surface area contributed by atoms with Crippen LogP contribution in [-0.2, 0) is 9.53 Å². The van der Waals surface area contributed by atoms with Gasteiger partial charge in [-0.25, -0.2) is 0 Å². The number of ketones is 1. The van der Waals surface area contributed by atoms with Gasteiger partial charge in [0.05, 0.1) is 19.6 Å². The number of rotatable bonds is 4. The topological polar surface area (TPSA) is 83.8 Å². The third-order valence-electron chi connectivity index (χ3n) is 4.06. The molecule has 0 aromatic heterocycles. The van der Waals surface area contributed by atoms with Crippen LogP contribution in [-0.4, -0.2) is 35.2 Å². The largest absolute Gasteiger partial charge is 0.469 e. The first-order valence-electron chi connectivity index (χ1n) is 7.24. The Kier molecular flexibility index (Phi) is 3.98. The molecule has 23 heavy (non-hydrogen) atoms. The van der Waals surface area contributed by atoms with E-state index in [9.17, 15) is 19.8 Å². The second-order valence-corrected chi connectivity index (χ2v) is 5.47. The lowest BCUT2D eigenvalue weighted by Gasteiger charge is -2.17. The van der Waals surface area contributed by atoms with Crippen LogP contribution in [0, 0.1) is 0 Å². The van der Waals surface area contributed by atoms with Crippen LogP contribution in [0.3, 0.4) is 0 Å². The highest BCUT2D eigenvalue weighted by Crippen LogP contribution is 2.37. The third-order valence-corrected chi connectivity index (χ3v) is 4.06. The molecular formula is C18H16O5. The maximum Gasteiger partial charge on any atom is 0.308 e. The minimum absolute atomic E-state index is 0.105. The Labute approximate surface area is 133 Å². The van der Waals surface area contributed by atoms with Gasteiger partial charge in [-0.15, -0.1) is 0 Å². The standard InChI is InChI=1S/C18H16O5/c1-23-16(20)9-15(19)17(21)10-6-7-12-11-4-2-3-5-13(11)18(22)14(12)8-10/h2-8,15,17,19,21H,9H2,1H3. The fourth-order valence-electron chi connectivity index (χ4n) is 2.82. The van der Waals surface area contributed by atoms with E-state index in [-0.39, 0.29) is 12.2 Å². The van der Waals surface area contributed by atoms with Crippen molar-refractivity contribution in [1.82, 2.24) is 0 Å². The zero-order valence-corrected chi connectivity index (χ0v) is 12.5. The molecule has 2 atom stereocenters. The molecule has 0 saturated carbocycles. The molecule has 0 aliphatic heterocycles. The number of hydrogen-bond acceptors (Lipinski definition) is 5. The van der Waals surface area contributed by atoms with E-state index in [0.717, 1.165) is 11.1 Å². The molecule has 0 saturated heterocycles. The molecule has 0 amide bonds. The highest BCUT2D eigenvalue weighted by Gasteiger charge is 2.28. The van der Waals surface area contributed by atoms with Crippen molar-refractivity contribution in [2.75, 3.05) is 7.11 Å². The number of fused-ring (bicyclic) bond motifs is 3. The number of hydrogen-bond donors (Lipinski definition) is 2. The van der Waals surface area contributed by atoms with Gasteiger partial charge in [0.1, 0.15) is 6.10 Å². The summed E-state index contributed by atoms with van der Waals surface area (Å²) in [5.41, 5.74) is 3.19. The fraction of sp³-hybridized carbons (Fsp3) is 0.222. The van der Waals surface area contributed by atoms with Crippen LogP contribution in [0.4, 0.5) is 0 Å². The summed E-state index contributed by atoms with van der Waals surface area (Å²) in [5, 5.41) is 20.1. The van der Waals surface area contributed by atoms with Crippen molar-refractivity contribution in [2.45, 2.75) is 18.6 Å². The van der Waals surface area contributed by atoms with Crippen LogP contribution >= 0.6 is 0 Å². The van der Waals surface area contributed by atoms with Gasteiger partial charge >= 0.3 is 5.97 Å². The van der Waals surface area contributed by atoms with Gasteiger partial charge in [0, 0.05) is 11.1 Å².